The van der Waals surface area contributed by atoms with Crippen LogP contribution in [0.2, 0.25) is 0 Å². The molecular weight excluding hydrogens is 375 g/mol. The smallest absolute Gasteiger partial charge is 0.255 e. The molecule has 0 bridgehead atoms. The number of nitrogens with two attached hydrogens (primary N) is 1. The summed E-state index contributed by atoms with van der Waals surface area (Å²) in [7, 11) is 0. The average Bonchev–Trinajstić information content (AvgIpc) is 2.49. The van der Waals surface area contributed by atoms with Gasteiger partial charge in [-0.05, 0) is 47.2 Å². The summed E-state index contributed by atoms with van der Waals surface area (Å²) in [5.74, 6) is -0.599. The third-order valence-corrected chi connectivity index (χ3v) is 6.62. The van der Waals surface area contributed by atoms with Crippen molar-refractivity contribution >= 4 is 50.8 Å². The molecule has 0 atom stereocenters. The van der Waals surface area contributed by atoms with Crippen molar-refractivity contribution in [2.75, 3.05) is 19.3 Å². The molecule has 1 heterocycles. The summed E-state index contributed by atoms with van der Waals surface area (Å²) in [6.07, 6.45) is 3.43. The van der Waals surface area contributed by atoms with Crippen molar-refractivity contribution in [2.45, 2.75) is 17.6 Å². The van der Waals surface area contributed by atoms with Crippen molar-refractivity contribution < 1.29 is 9.18 Å². The number of benzene rings is 1. The van der Waals surface area contributed by atoms with Crippen LogP contribution in [-0.4, -0.2) is 39.9 Å². The van der Waals surface area contributed by atoms with Crippen LogP contribution in [0.1, 0.15) is 23.2 Å². The quantitative estimate of drug-likeness (QED) is 0.804. The predicted molar refractivity (Wildman–Crippen MR) is 92.3 cm³/mol. The number of piperidine rings is 1. The van der Waals surface area contributed by atoms with Crippen molar-refractivity contribution in [3.63, 3.8) is 0 Å². The third kappa shape index (κ3) is 3.24. The van der Waals surface area contributed by atoms with Crippen LogP contribution in [0.3, 0.4) is 0 Å². The maximum Gasteiger partial charge on any atom is 0.255 e. The second-order valence-electron chi connectivity index (χ2n) is 4.96. The molecule has 1 aromatic rings. The number of carbonyl (C=O) groups excluding carboxylic acids is 1. The number of halogens is 2. The van der Waals surface area contributed by atoms with Gasteiger partial charge in [0.2, 0.25) is 0 Å². The number of thiocarbonyl (C=S) groups is 1. The first-order valence-corrected chi connectivity index (χ1v) is 8.92. The molecule has 2 N–H and O–H groups in total. The van der Waals surface area contributed by atoms with E-state index >= 15 is 0 Å². The molecule has 0 saturated carbocycles. The maximum absolute atomic E-state index is 13.5. The van der Waals surface area contributed by atoms with Gasteiger partial charge in [0.05, 0.1) is 19.8 Å². The van der Waals surface area contributed by atoms with Crippen LogP contribution in [-0.2, 0) is 0 Å². The molecular formula is C14H16BrFN2OS2. The Morgan fingerprint density at radius 2 is 2.10 bits per heavy atom. The van der Waals surface area contributed by atoms with Crippen molar-refractivity contribution in [1.82, 2.24) is 4.90 Å². The van der Waals surface area contributed by atoms with E-state index in [9.17, 15) is 9.18 Å². The monoisotopic (exact) mass is 390 g/mol. The van der Waals surface area contributed by atoms with Crippen molar-refractivity contribution in [2.24, 2.45) is 5.73 Å². The molecule has 0 aromatic heterocycles. The van der Waals surface area contributed by atoms with Crippen molar-refractivity contribution in [3.8, 4) is 0 Å². The first kappa shape index (κ1) is 16.7. The van der Waals surface area contributed by atoms with Crippen LogP contribution in [0.5, 0.6) is 0 Å². The van der Waals surface area contributed by atoms with E-state index in [1.54, 1.807) is 28.8 Å². The van der Waals surface area contributed by atoms with Crippen molar-refractivity contribution in [3.05, 3.63) is 34.1 Å². The lowest BCUT2D eigenvalue weighted by Crippen LogP contribution is -2.50. The van der Waals surface area contributed by atoms with Gasteiger partial charge in [0.1, 0.15) is 5.82 Å². The molecule has 7 heteroatoms. The molecule has 0 radical (unpaired) electrons. The number of carbonyl (C=O) groups is 1. The van der Waals surface area contributed by atoms with Gasteiger partial charge in [0.25, 0.3) is 5.91 Å². The molecule has 1 aromatic carbocycles. The van der Waals surface area contributed by atoms with Gasteiger partial charge in [-0.15, -0.1) is 0 Å². The summed E-state index contributed by atoms with van der Waals surface area (Å²) in [5.41, 5.74) is 6.19. The Morgan fingerprint density at radius 3 is 2.62 bits per heavy atom. The molecule has 3 nitrogen and oxygen atoms in total. The minimum Gasteiger partial charge on any atom is -0.392 e. The number of thioether (sulfide) groups is 1. The fourth-order valence-corrected chi connectivity index (χ4v) is 4.14. The number of hydrogen-bond acceptors (Lipinski definition) is 3. The van der Waals surface area contributed by atoms with E-state index in [2.05, 4.69) is 15.9 Å². The highest BCUT2D eigenvalue weighted by molar-refractivity contribution is 9.10. The highest BCUT2D eigenvalue weighted by Gasteiger charge is 2.38. The standard InChI is InChI=1S/C14H16BrFN2OS2/c1-21-14(13(17)20)5-7-18(8-6-14)12(19)9-3-2-4-10(16)11(9)15/h2-4H,5-8H2,1H3,(H2,17,20). The summed E-state index contributed by atoms with van der Waals surface area (Å²) >= 11 is 9.94. The zero-order valence-corrected chi connectivity index (χ0v) is 14.8. The molecule has 0 aliphatic carbocycles. The molecule has 21 heavy (non-hydrogen) atoms. The van der Waals surface area contributed by atoms with Crippen LogP contribution >= 0.6 is 39.9 Å². The lowest BCUT2D eigenvalue weighted by molar-refractivity contribution is 0.0717. The molecule has 114 valence electrons. The fourth-order valence-electron chi connectivity index (χ4n) is 2.46. The SMILES string of the molecule is CSC1(C(N)=S)CCN(C(=O)c2cccc(F)c2Br)CC1. The average molecular weight is 391 g/mol. The lowest BCUT2D eigenvalue weighted by Gasteiger charge is -2.40. The van der Waals surface area contributed by atoms with Crippen LogP contribution in [0.4, 0.5) is 4.39 Å². The molecule has 1 aliphatic heterocycles. The first-order chi connectivity index (χ1) is 9.91. The third-order valence-electron chi connectivity index (χ3n) is 3.88. The summed E-state index contributed by atoms with van der Waals surface area (Å²) in [6, 6.07) is 4.49. The van der Waals surface area contributed by atoms with Gasteiger partial charge in [0, 0.05) is 13.1 Å². The maximum atomic E-state index is 13.5. The Hall–Kier alpha value is -0.660. The topological polar surface area (TPSA) is 46.3 Å². The molecule has 2 rings (SSSR count). The fraction of sp³-hybridized carbons (Fsp3) is 0.429. The Labute approximate surface area is 141 Å². The lowest BCUT2D eigenvalue weighted by atomic mass is 9.95. The number of likely N-dealkylation sites (tertiary alicyclic amines) is 1. The molecule has 1 aliphatic rings. The van der Waals surface area contributed by atoms with Gasteiger partial charge in [-0.2, -0.15) is 11.8 Å². The minimum atomic E-state index is -0.431. The first-order valence-electron chi connectivity index (χ1n) is 6.49. The number of hydrogen-bond donors (Lipinski definition) is 1. The number of amides is 1. The summed E-state index contributed by atoms with van der Waals surface area (Å²) in [5, 5.41) is 0. The second-order valence-corrected chi connectivity index (χ2v) is 7.38. The van der Waals surface area contributed by atoms with Crippen LogP contribution in [0.15, 0.2) is 22.7 Å². The van der Waals surface area contributed by atoms with E-state index in [1.165, 1.54) is 6.07 Å². The van der Waals surface area contributed by atoms with Crippen LogP contribution in [0, 0.1) is 5.82 Å². The highest BCUT2D eigenvalue weighted by Crippen LogP contribution is 2.35. The zero-order valence-electron chi connectivity index (χ0n) is 11.6. The second kappa shape index (κ2) is 6.62. The predicted octanol–water partition coefficient (Wildman–Crippen LogP) is 3.21. The van der Waals surface area contributed by atoms with E-state index in [0.29, 0.717) is 23.6 Å². The molecule has 1 fully saturated rings. The Morgan fingerprint density at radius 1 is 1.48 bits per heavy atom. The zero-order chi connectivity index (χ0) is 15.6. The van der Waals surface area contributed by atoms with Gasteiger partial charge in [-0.3, -0.25) is 4.79 Å². The Bertz CT molecular complexity index is 574. The van der Waals surface area contributed by atoms with E-state index < -0.39 is 5.82 Å². The van der Waals surface area contributed by atoms with Gasteiger partial charge >= 0.3 is 0 Å². The Balaban J connectivity index is 2.14. The van der Waals surface area contributed by atoms with E-state index in [0.717, 1.165) is 12.8 Å². The van der Waals surface area contributed by atoms with E-state index in [-0.39, 0.29) is 15.1 Å². The molecule has 1 saturated heterocycles. The highest BCUT2D eigenvalue weighted by atomic mass is 79.9. The van der Waals surface area contributed by atoms with E-state index in [4.69, 9.17) is 18.0 Å². The van der Waals surface area contributed by atoms with E-state index in [1.807, 2.05) is 6.26 Å². The molecule has 1 amide bonds. The van der Waals surface area contributed by atoms with Gasteiger partial charge in [-0.1, -0.05) is 18.3 Å². The number of rotatable bonds is 3. The normalized spacial score (nSPS) is 17.6. The number of nitrogens with zero attached hydrogens (tertiary/aromatic N) is 1. The van der Waals surface area contributed by atoms with Crippen molar-refractivity contribution in [1.29, 1.82) is 0 Å². The molecule has 0 spiro atoms. The molecule has 0 unspecified atom stereocenters. The van der Waals surface area contributed by atoms with Gasteiger partial charge < -0.3 is 10.6 Å². The van der Waals surface area contributed by atoms with Crippen LogP contribution in [0.25, 0.3) is 0 Å². The van der Waals surface area contributed by atoms with Gasteiger partial charge in [-0.25, -0.2) is 4.39 Å². The largest absolute Gasteiger partial charge is 0.392 e. The van der Waals surface area contributed by atoms with Crippen LogP contribution < -0.4 is 5.73 Å². The Kier molecular flexibility index (Phi) is 5.27. The summed E-state index contributed by atoms with van der Waals surface area (Å²) < 4.78 is 13.5. The summed E-state index contributed by atoms with van der Waals surface area (Å²) in [4.78, 5) is 14.7. The summed E-state index contributed by atoms with van der Waals surface area (Å²) in [6.45, 7) is 1.14. The minimum absolute atomic E-state index is 0.168. The van der Waals surface area contributed by atoms with Gasteiger partial charge in [0.15, 0.2) is 0 Å².